The second-order valence-corrected chi connectivity index (χ2v) is 2.06. The predicted molar refractivity (Wildman–Crippen MR) is 26.6 cm³/mol. The summed E-state index contributed by atoms with van der Waals surface area (Å²) in [7, 11) is 0. The molecule has 1 nitrogen and oxygen atoms in total. The van der Waals surface area contributed by atoms with Crippen molar-refractivity contribution in [2.45, 2.75) is 26.2 Å². The van der Waals surface area contributed by atoms with Gasteiger partial charge in [0.1, 0.15) is 0 Å². The maximum atomic E-state index is 10.5. The molecule has 0 fully saturated rings. The first-order valence-corrected chi connectivity index (χ1v) is 2.66. The van der Waals surface area contributed by atoms with Crippen LogP contribution in [0.4, 0.5) is 0 Å². The van der Waals surface area contributed by atoms with Gasteiger partial charge in [-0.25, -0.2) is 0 Å². The Bertz CT molecular complexity index is 95.1. The minimum Gasteiger partial charge on any atom is -0.875 e. The van der Waals surface area contributed by atoms with E-state index in [0.717, 1.165) is 24.8 Å². The fourth-order valence-electron chi connectivity index (χ4n) is 0.867. The first-order chi connectivity index (χ1) is 3.30. The fraction of sp³-hybridized carbons (Fsp3) is 0.667. The van der Waals surface area contributed by atoms with Gasteiger partial charge in [0.2, 0.25) is 0 Å². The van der Waals surface area contributed by atoms with Crippen molar-refractivity contribution in [3.8, 4) is 0 Å². The number of allylic oxidation sites excluding steroid dienone is 2. The van der Waals surface area contributed by atoms with Crippen LogP contribution >= 0.6 is 0 Å². The van der Waals surface area contributed by atoms with Gasteiger partial charge in [0, 0.05) is 0 Å². The van der Waals surface area contributed by atoms with Crippen LogP contribution in [-0.4, -0.2) is 0 Å². The van der Waals surface area contributed by atoms with Gasteiger partial charge in [-0.05, 0) is 26.2 Å². The van der Waals surface area contributed by atoms with Gasteiger partial charge in [-0.1, -0.05) is 5.57 Å². The largest absolute Gasteiger partial charge is 1.00 e. The van der Waals surface area contributed by atoms with E-state index in [9.17, 15) is 5.11 Å². The SMILES string of the molecule is CC1=C([O-])CCC1.[Li+]. The van der Waals surface area contributed by atoms with Crippen molar-refractivity contribution in [3.05, 3.63) is 11.3 Å². The van der Waals surface area contributed by atoms with E-state index < -0.39 is 0 Å². The average Bonchev–Trinajstić information content (AvgIpc) is 1.91. The maximum absolute atomic E-state index is 10.5. The molecule has 0 aliphatic heterocycles. The average molecular weight is 104 g/mol. The molecule has 0 saturated heterocycles. The number of hydrogen-bond acceptors (Lipinski definition) is 1. The van der Waals surface area contributed by atoms with Gasteiger partial charge in [-0.2, -0.15) is 0 Å². The molecule has 0 atom stereocenters. The van der Waals surface area contributed by atoms with E-state index in [1.807, 2.05) is 6.92 Å². The molecule has 8 heavy (non-hydrogen) atoms. The van der Waals surface area contributed by atoms with Crippen LogP contribution in [0.3, 0.4) is 0 Å². The monoisotopic (exact) mass is 104 g/mol. The third kappa shape index (κ3) is 1.58. The van der Waals surface area contributed by atoms with E-state index in [1.54, 1.807) is 0 Å². The zero-order valence-electron chi connectivity index (χ0n) is 5.53. The summed E-state index contributed by atoms with van der Waals surface area (Å²) >= 11 is 0. The zero-order valence-corrected chi connectivity index (χ0v) is 5.53. The number of rotatable bonds is 0. The van der Waals surface area contributed by atoms with Crippen molar-refractivity contribution in [1.82, 2.24) is 0 Å². The molecule has 0 amide bonds. The molecule has 0 heterocycles. The van der Waals surface area contributed by atoms with Crippen LogP contribution < -0.4 is 24.0 Å². The van der Waals surface area contributed by atoms with Crippen LogP contribution in [-0.2, 0) is 0 Å². The first kappa shape index (κ1) is 8.14. The fourth-order valence-corrected chi connectivity index (χ4v) is 0.867. The van der Waals surface area contributed by atoms with E-state index in [4.69, 9.17) is 0 Å². The van der Waals surface area contributed by atoms with Crippen LogP contribution in [0, 0.1) is 0 Å². The summed E-state index contributed by atoms with van der Waals surface area (Å²) in [5, 5.41) is 10.5. The molecule has 0 bridgehead atoms. The molecule has 0 spiro atoms. The minimum absolute atomic E-state index is 0. The molecular weight excluding hydrogens is 95.0 g/mol. The van der Waals surface area contributed by atoms with Crippen molar-refractivity contribution >= 4 is 0 Å². The van der Waals surface area contributed by atoms with E-state index >= 15 is 0 Å². The summed E-state index contributed by atoms with van der Waals surface area (Å²) in [4.78, 5) is 0. The van der Waals surface area contributed by atoms with Crippen LogP contribution in [0.15, 0.2) is 11.3 Å². The summed E-state index contributed by atoms with van der Waals surface area (Å²) in [6.45, 7) is 1.93. The Morgan fingerprint density at radius 1 is 1.38 bits per heavy atom. The van der Waals surface area contributed by atoms with Crippen LogP contribution in [0.5, 0.6) is 0 Å². The molecule has 0 saturated carbocycles. The van der Waals surface area contributed by atoms with Crippen molar-refractivity contribution in [1.29, 1.82) is 0 Å². The Morgan fingerprint density at radius 3 is 2.12 bits per heavy atom. The Morgan fingerprint density at radius 2 is 2.00 bits per heavy atom. The maximum Gasteiger partial charge on any atom is 1.00 e. The zero-order chi connectivity index (χ0) is 5.28. The van der Waals surface area contributed by atoms with Crippen molar-refractivity contribution in [3.63, 3.8) is 0 Å². The molecule has 2 heteroatoms. The molecule has 0 aromatic carbocycles. The van der Waals surface area contributed by atoms with Gasteiger partial charge >= 0.3 is 18.9 Å². The Balaban J connectivity index is 0.000000490. The quantitative estimate of drug-likeness (QED) is 0.320. The molecule has 1 aliphatic carbocycles. The van der Waals surface area contributed by atoms with Gasteiger partial charge in [-0.3, -0.25) is 0 Å². The van der Waals surface area contributed by atoms with E-state index in [1.165, 1.54) is 0 Å². The molecule has 0 aromatic heterocycles. The van der Waals surface area contributed by atoms with Crippen LogP contribution in [0.2, 0.25) is 0 Å². The minimum atomic E-state index is 0. The van der Waals surface area contributed by atoms with Crippen molar-refractivity contribution in [2.75, 3.05) is 0 Å². The van der Waals surface area contributed by atoms with Gasteiger partial charge in [0.25, 0.3) is 0 Å². The predicted octanol–water partition coefficient (Wildman–Crippen LogP) is -2.19. The first-order valence-electron chi connectivity index (χ1n) is 2.66. The van der Waals surface area contributed by atoms with Gasteiger partial charge in [-0.15, -0.1) is 5.76 Å². The topological polar surface area (TPSA) is 23.1 Å². The normalized spacial score (nSPS) is 18.6. The Labute approximate surface area is 62.0 Å². The number of hydrogen-bond donors (Lipinski definition) is 0. The summed E-state index contributed by atoms with van der Waals surface area (Å²) in [6, 6.07) is 0. The molecule has 1 aliphatic rings. The Kier molecular flexibility index (Phi) is 3.28. The van der Waals surface area contributed by atoms with E-state index in [0.29, 0.717) is 5.76 Å². The molecule has 1 rings (SSSR count). The summed E-state index contributed by atoms with van der Waals surface area (Å²) in [6.07, 6.45) is 2.93. The molecule has 0 unspecified atom stereocenters. The van der Waals surface area contributed by atoms with Crippen molar-refractivity contribution < 1.29 is 24.0 Å². The van der Waals surface area contributed by atoms with Crippen LogP contribution in [0.1, 0.15) is 26.2 Å². The van der Waals surface area contributed by atoms with Gasteiger partial charge < -0.3 is 5.11 Å². The smallest absolute Gasteiger partial charge is 0.875 e. The summed E-state index contributed by atoms with van der Waals surface area (Å²) in [5.41, 5.74) is 1.07. The van der Waals surface area contributed by atoms with Crippen LogP contribution in [0.25, 0.3) is 0 Å². The molecule has 0 N–H and O–H groups in total. The Hall–Kier alpha value is 0.137. The molecule has 0 aromatic rings. The second kappa shape index (κ2) is 3.22. The summed E-state index contributed by atoms with van der Waals surface area (Å²) in [5.74, 6) is 0.375. The molecular formula is C6H9LiO. The van der Waals surface area contributed by atoms with Gasteiger partial charge in [0.15, 0.2) is 0 Å². The van der Waals surface area contributed by atoms with Crippen molar-refractivity contribution in [2.24, 2.45) is 0 Å². The van der Waals surface area contributed by atoms with E-state index in [2.05, 4.69) is 0 Å². The van der Waals surface area contributed by atoms with E-state index in [-0.39, 0.29) is 18.9 Å². The second-order valence-electron chi connectivity index (χ2n) is 2.06. The molecule has 40 valence electrons. The third-order valence-corrected chi connectivity index (χ3v) is 1.43. The third-order valence-electron chi connectivity index (χ3n) is 1.43. The molecule has 0 radical (unpaired) electrons. The van der Waals surface area contributed by atoms with Gasteiger partial charge in [0.05, 0.1) is 0 Å². The standard InChI is InChI=1S/C6H10O.Li/c1-5-3-2-4-6(5)7;/h7H,2-4H2,1H3;/q;+1/p-1. The summed E-state index contributed by atoms with van der Waals surface area (Å²) < 4.78 is 0.